The third-order valence-electron chi connectivity index (χ3n) is 4.92. The minimum Gasteiger partial charge on any atom is -0.346 e. The zero-order chi connectivity index (χ0) is 21.2. The minimum absolute atomic E-state index is 0.229. The fraction of sp³-hybridized carbons (Fsp3) is 0.381. The van der Waals surface area contributed by atoms with E-state index in [0.29, 0.717) is 11.3 Å². The number of hydrogen-bond acceptors (Lipinski definition) is 4. The van der Waals surface area contributed by atoms with Gasteiger partial charge in [0.05, 0.1) is 24.2 Å². The number of nitriles is 1. The summed E-state index contributed by atoms with van der Waals surface area (Å²) in [7, 11) is 0. The summed E-state index contributed by atoms with van der Waals surface area (Å²) in [4.78, 5) is 16.9. The van der Waals surface area contributed by atoms with Crippen molar-refractivity contribution in [3.8, 4) is 17.2 Å². The highest BCUT2D eigenvalue weighted by Crippen LogP contribution is 2.42. The number of carbonyl (C=O) groups is 1. The first kappa shape index (κ1) is 20.8. The largest absolute Gasteiger partial charge is 0.346 e. The molecule has 8 heteroatoms. The lowest BCUT2D eigenvalue weighted by Gasteiger charge is -2.32. The zero-order valence-corrected chi connectivity index (χ0v) is 16.0. The van der Waals surface area contributed by atoms with E-state index in [4.69, 9.17) is 10.00 Å². The number of carbonyl (C=O) groups excluding carboxylic acids is 1. The van der Waals surface area contributed by atoms with E-state index in [1.54, 1.807) is 36.5 Å². The van der Waals surface area contributed by atoms with E-state index < -0.39 is 36.9 Å². The third-order valence-corrected chi connectivity index (χ3v) is 4.92. The van der Waals surface area contributed by atoms with E-state index in [1.165, 1.54) is 13.8 Å². The van der Waals surface area contributed by atoms with Crippen LogP contribution in [0.25, 0.3) is 11.1 Å². The van der Waals surface area contributed by atoms with Crippen LogP contribution in [-0.2, 0) is 16.0 Å². The topological polar surface area (TPSA) is 66.2 Å². The molecule has 0 aliphatic carbocycles. The van der Waals surface area contributed by atoms with Gasteiger partial charge in [0.15, 0.2) is 0 Å². The third kappa shape index (κ3) is 4.10. The molecule has 3 rings (SSSR count). The van der Waals surface area contributed by atoms with E-state index in [9.17, 15) is 18.0 Å². The molecule has 0 radical (unpaired) electrons. The molecule has 2 heterocycles. The Morgan fingerprint density at radius 3 is 2.41 bits per heavy atom. The molecule has 1 amide bonds. The Bertz CT molecular complexity index is 908. The lowest BCUT2D eigenvalue weighted by molar-refractivity contribution is -0.159. The molecule has 2 atom stereocenters. The molecule has 0 unspecified atom stereocenters. The zero-order valence-electron chi connectivity index (χ0n) is 16.0. The number of ether oxygens (including phenoxy) is 1. The molecule has 0 spiro atoms. The normalized spacial score (nSPS) is 20.7. The van der Waals surface area contributed by atoms with Gasteiger partial charge >= 0.3 is 6.43 Å². The van der Waals surface area contributed by atoms with Crippen LogP contribution in [0.2, 0.25) is 0 Å². The highest BCUT2D eigenvalue weighted by molar-refractivity contribution is 5.80. The van der Waals surface area contributed by atoms with Crippen LogP contribution >= 0.6 is 0 Å². The molecular weight excluding hydrogens is 383 g/mol. The molecule has 1 aromatic carbocycles. The van der Waals surface area contributed by atoms with E-state index in [0.717, 1.165) is 16.0 Å². The highest BCUT2D eigenvalue weighted by Gasteiger charge is 2.52. The van der Waals surface area contributed by atoms with E-state index in [-0.39, 0.29) is 6.42 Å². The van der Waals surface area contributed by atoms with Crippen LogP contribution < -0.4 is 0 Å². The molecule has 2 aromatic rings. The van der Waals surface area contributed by atoms with Crippen molar-refractivity contribution in [2.24, 2.45) is 0 Å². The lowest BCUT2D eigenvalue weighted by atomic mass is 9.99. The Balaban J connectivity index is 1.85. The van der Waals surface area contributed by atoms with Crippen molar-refractivity contribution in [1.82, 2.24) is 9.88 Å². The number of halogens is 3. The summed E-state index contributed by atoms with van der Waals surface area (Å²) in [6.07, 6.45) is -2.20. The van der Waals surface area contributed by atoms with Crippen molar-refractivity contribution in [1.29, 1.82) is 5.26 Å². The van der Waals surface area contributed by atoms with Gasteiger partial charge in [0.1, 0.15) is 18.5 Å². The Morgan fingerprint density at radius 2 is 1.90 bits per heavy atom. The van der Waals surface area contributed by atoms with Gasteiger partial charge in [-0.2, -0.15) is 14.0 Å². The lowest BCUT2D eigenvalue weighted by Crippen LogP contribution is -2.51. The predicted octanol–water partition coefficient (Wildman–Crippen LogP) is 4.05. The summed E-state index contributed by atoms with van der Waals surface area (Å²) in [5.74, 6) is -1.44. The van der Waals surface area contributed by atoms with Gasteiger partial charge in [-0.25, -0.2) is 4.39 Å². The fourth-order valence-electron chi connectivity index (χ4n) is 3.60. The van der Waals surface area contributed by atoms with Crippen LogP contribution in [0.3, 0.4) is 0 Å². The molecule has 0 bridgehead atoms. The number of hydrogen-bond donors (Lipinski definition) is 0. The van der Waals surface area contributed by atoms with Gasteiger partial charge in [-0.1, -0.05) is 30.3 Å². The first-order valence-corrected chi connectivity index (χ1v) is 9.06. The first-order valence-electron chi connectivity index (χ1n) is 9.06. The molecular formula is C21H20F3N3O2. The van der Waals surface area contributed by atoms with Crippen LogP contribution in [0.15, 0.2) is 42.6 Å². The van der Waals surface area contributed by atoms with Crippen molar-refractivity contribution in [2.75, 3.05) is 6.67 Å². The Hall–Kier alpha value is -2.92. The number of rotatable bonds is 5. The van der Waals surface area contributed by atoms with Crippen LogP contribution in [0.5, 0.6) is 0 Å². The van der Waals surface area contributed by atoms with Crippen LogP contribution in [-0.4, -0.2) is 40.7 Å². The van der Waals surface area contributed by atoms with Gasteiger partial charge in [-0.05, 0) is 31.0 Å². The molecule has 1 aromatic heterocycles. The maximum absolute atomic E-state index is 13.7. The molecule has 29 heavy (non-hydrogen) atoms. The average molecular weight is 403 g/mol. The number of aromatic nitrogens is 1. The highest BCUT2D eigenvalue weighted by atomic mass is 19.3. The molecule has 1 saturated heterocycles. The van der Waals surface area contributed by atoms with E-state index in [1.807, 2.05) is 12.1 Å². The maximum Gasteiger partial charge on any atom is 0.315 e. The van der Waals surface area contributed by atoms with Crippen molar-refractivity contribution < 1.29 is 22.7 Å². The number of nitrogens with zero attached hydrogens (tertiary/aromatic N) is 3. The van der Waals surface area contributed by atoms with Gasteiger partial charge in [0.2, 0.25) is 0 Å². The van der Waals surface area contributed by atoms with Crippen LogP contribution in [0.4, 0.5) is 13.2 Å². The van der Waals surface area contributed by atoms with Crippen LogP contribution in [0.1, 0.15) is 31.2 Å². The minimum atomic E-state index is -3.23. The summed E-state index contributed by atoms with van der Waals surface area (Å²) in [6, 6.07) is 11.5. The summed E-state index contributed by atoms with van der Waals surface area (Å²) < 4.78 is 45.5. The number of amides is 1. The number of pyridine rings is 1. The number of benzene rings is 1. The molecule has 1 aliphatic heterocycles. The molecule has 152 valence electrons. The van der Waals surface area contributed by atoms with E-state index in [2.05, 4.69) is 4.98 Å². The van der Waals surface area contributed by atoms with Gasteiger partial charge < -0.3 is 9.64 Å². The Labute approximate surface area is 166 Å². The fourth-order valence-corrected chi connectivity index (χ4v) is 3.60. The van der Waals surface area contributed by atoms with Gasteiger partial charge in [0.25, 0.3) is 5.91 Å². The summed E-state index contributed by atoms with van der Waals surface area (Å²) in [5, 5.41) is 8.71. The second-order valence-corrected chi connectivity index (χ2v) is 7.21. The van der Waals surface area contributed by atoms with Gasteiger partial charge in [-0.3, -0.25) is 9.78 Å². The molecule has 0 saturated carbocycles. The average Bonchev–Trinajstić information content (AvgIpc) is 2.98. The second kappa shape index (κ2) is 8.21. The number of alkyl halides is 3. The molecule has 1 aliphatic rings. The Kier molecular flexibility index (Phi) is 5.89. The second-order valence-electron chi connectivity index (χ2n) is 7.21. The van der Waals surface area contributed by atoms with Gasteiger partial charge in [-0.15, -0.1) is 0 Å². The summed E-state index contributed by atoms with van der Waals surface area (Å²) in [5.41, 5.74) is 1.59. The smallest absolute Gasteiger partial charge is 0.315 e. The van der Waals surface area contributed by atoms with Crippen molar-refractivity contribution >= 4 is 5.91 Å². The van der Waals surface area contributed by atoms with Crippen molar-refractivity contribution in [3.05, 3.63) is 53.9 Å². The summed E-state index contributed by atoms with van der Waals surface area (Å²) in [6.45, 7) is 1.94. The molecule has 5 nitrogen and oxygen atoms in total. The standard InChI is InChI=1S/C21H20F3N3O2/c1-21(2)27(20(28)19(23)24)17(11-22)18(29-21)14-5-3-13(4-6-14)15-7-8-16(9-10-25)26-12-15/h3-8,12,17-19H,9,11H2,1-2H3/t17-,18-/m1/s1. The molecule has 0 N–H and O–H groups in total. The SMILES string of the molecule is CC1(C)O[C@H](c2ccc(-c3ccc(CC#N)nc3)cc2)[C@@H](CF)N1C(=O)C(F)F. The quantitative estimate of drug-likeness (QED) is 0.755. The van der Waals surface area contributed by atoms with Crippen molar-refractivity contribution in [3.63, 3.8) is 0 Å². The monoisotopic (exact) mass is 403 g/mol. The molecule has 1 fully saturated rings. The van der Waals surface area contributed by atoms with Gasteiger partial charge in [0, 0.05) is 11.8 Å². The van der Waals surface area contributed by atoms with E-state index >= 15 is 0 Å². The van der Waals surface area contributed by atoms with Crippen molar-refractivity contribution in [2.45, 2.75) is 44.6 Å². The summed E-state index contributed by atoms with van der Waals surface area (Å²) >= 11 is 0. The first-order chi connectivity index (χ1) is 13.8. The van der Waals surface area contributed by atoms with Crippen LogP contribution in [0, 0.1) is 11.3 Å². The maximum atomic E-state index is 13.7. The predicted molar refractivity (Wildman–Crippen MR) is 99.5 cm³/mol. The Morgan fingerprint density at radius 1 is 1.24 bits per heavy atom.